The average molecular weight is 536 g/mol. The van der Waals surface area contributed by atoms with Crippen molar-refractivity contribution in [2.75, 3.05) is 0 Å². The molecule has 0 radical (unpaired) electrons. The molecule has 1 fully saturated rings. The van der Waals surface area contributed by atoms with Crippen molar-refractivity contribution in [3.05, 3.63) is 120 Å². The Morgan fingerprint density at radius 1 is 0.780 bits per heavy atom. The van der Waals surface area contributed by atoms with E-state index >= 15 is 0 Å². The Hall–Kier alpha value is -4.18. The first-order valence-electron chi connectivity index (χ1n) is 14.6. The number of aromatic nitrogens is 1. The molecule has 0 spiro atoms. The number of benzene rings is 4. The fourth-order valence-corrected chi connectivity index (χ4v) is 6.47. The first-order valence-corrected chi connectivity index (χ1v) is 14.6. The number of hydrogen-bond donors (Lipinski definition) is 0. The summed E-state index contributed by atoms with van der Waals surface area (Å²) in [7, 11) is 0. The highest BCUT2D eigenvalue weighted by atomic mass is 15.1. The Morgan fingerprint density at radius 2 is 1.39 bits per heavy atom. The standard InChI is InChI=1S/C37H38BN3/c1-36(2)25-38(26-37(36,3)4)29-20-21-31-30-18-12-13-19-33(30)41(34(31)22-29)35(39-5)23-32(28-16-10-7-11-17-28)40-24-27-14-8-6-9-15-27/h6-23H,5,24-26H2,1-4H3/b35-23+,40-32?. The summed E-state index contributed by atoms with van der Waals surface area (Å²) in [5.74, 6) is 0.774. The van der Waals surface area contributed by atoms with Gasteiger partial charge in [0.15, 0.2) is 6.71 Å². The second-order valence-corrected chi connectivity index (χ2v) is 12.7. The van der Waals surface area contributed by atoms with E-state index in [1.165, 1.54) is 40.0 Å². The maximum Gasteiger partial charge on any atom is 0.177 e. The molecule has 0 amide bonds. The molecule has 0 unspecified atom stereocenters. The Bertz CT molecular complexity index is 1760. The molecule has 1 aromatic heterocycles. The lowest BCUT2D eigenvalue weighted by Crippen LogP contribution is -2.27. The van der Waals surface area contributed by atoms with Crippen molar-refractivity contribution in [1.29, 1.82) is 0 Å². The Morgan fingerprint density at radius 3 is 2.07 bits per heavy atom. The van der Waals surface area contributed by atoms with Gasteiger partial charge in [-0.3, -0.25) is 9.56 Å². The minimum atomic E-state index is 0.298. The summed E-state index contributed by atoms with van der Waals surface area (Å²) in [5.41, 5.74) is 7.41. The molecule has 2 heterocycles. The van der Waals surface area contributed by atoms with Gasteiger partial charge in [0, 0.05) is 16.8 Å². The van der Waals surface area contributed by atoms with Crippen molar-refractivity contribution in [2.45, 2.75) is 46.9 Å². The SMILES string of the molecule is C=N/C(=C\C(=NCc1ccccc1)c1ccccc1)n1c2ccccc2c2ccc(B3CC(C)(C)C(C)(C)C3)cc21. The van der Waals surface area contributed by atoms with Gasteiger partial charge in [-0.1, -0.05) is 137 Å². The molecule has 4 aromatic carbocycles. The molecule has 0 bridgehead atoms. The van der Waals surface area contributed by atoms with Gasteiger partial charge in [0.05, 0.1) is 23.3 Å². The van der Waals surface area contributed by atoms with E-state index < -0.39 is 0 Å². The van der Waals surface area contributed by atoms with Crippen LogP contribution in [0.1, 0.15) is 38.8 Å². The molecule has 204 valence electrons. The lowest BCUT2D eigenvalue weighted by molar-refractivity contribution is 0.177. The quantitative estimate of drug-likeness (QED) is 0.147. The summed E-state index contributed by atoms with van der Waals surface area (Å²) in [5, 5.41) is 2.45. The van der Waals surface area contributed by atoms with Crippen LogP contribution in [0.2, 0.25) is 12.6 Å². The third-order valence-electron chi connectivity index (χ3n) is 9.52. The maximum atomic E-state index is 5.07. The minimum absolute atomic E-state index is 0.298. The van der Waals surface area contributed by atoms with Gasteiger partial charge in [0.1, 0.15) is 5.82 Å². The molecule has 0 N–H and O–H groups in total. The van der Waals surface area contributed by atoms with E-state index in [1.54, 1.807) is 0 Å². The van der Waals surface area contributed by atoms with Crippen LogP contribution in [0.15, 0.2) is 119 Å². The van der Waals surface area contributed by atoms with Gasteiger partial charge < -0.3 is 0 Å². The van der Waals surface area contributed by atoms with Crippen LogP contribution in [0.5, 0.6) is 0 Å². The third kappa shape index (κ3) is 5.08. The Balaban J connectivity index is 1.51. The van der Waals surface area contributed by atoms with Gasteiger partial charge in [-0.25, -0.2) is 4.99 Å². The molecule has 4 heteroatoms. The summed E-state index contributed by atoms with van der Waals surface area (Å²) in [4.78, 5) is 9.69. The molecule has 0 aliphatic carbocycles. The number of fused-ring (bicyclic) bond motifs is 3. The van der Waals surface area contributed by atoms with Gasteiger partial charge in [-0.2, -0.15) is 0 Å². The highest BCUT2D eigenvalue weighted by Crippen LogP contribution is 2.52. The maximum absolute atomic E-state index is 5.07. The summed E-state index contributed by atoms with van der Waals surface area (Å²) < 4.78 is 2.27. The van der Waals surface area contributed by atoms with E-state index in [4.69, 9.17) is 4.99 Å². The van der Waals surface area contributed by atoms with Crippen molar-refractivity contribution in [1.82, 2.24) is 4.57 Å². The second-order valence-electron chi connectivity index (χ2n) is 12.7. The van der Waals surface area contributed by atoms with E-state index in [2.05, 4.69) is 141 Å². The topological polar surface area (TPSA) is 29.6 Å². The molecular formula is C37H38BN3. The molecule has 5 aromatic rings. The van der Waals surface area contributed by atoms with Crippen LogP contribution < -0.4 is 5.46 Å². The molecule has 1 aliphatic heterocycles. The zero-order chi connectivity index (χ0) is 28.6. The number of para-hydroxylation sites is 1. The number of rotatable bonds is 7. The van der Waals surface area contributed by atoms with E-state index in [-0.39, 0.29) is 0 Å². The van der Waals surface area contributed by atoms with E-state index in [1.807, 2.05) is 12.1 Å². The number of allylic oxidation sites excluding steroid dienone is 1. The Labute approximate surface area is 244 Å². The summed E-state index contributed by atoms with van der Waals surface area (Å²) >= 11 is 0. The molecule has 1 aliphatic rings. The van der Waals surface area contributed by atoms with Crippen molar-refractivity contribution in [2.24, 2.45) is 20.8 Å². The molecule has 6 rings (SSSR count). The number of nitrogens with zero attached hydrogens (tertiary/aromatic N) is 3. The smallest absolute Gasteiger partial charge is 0.177 e. The van der Waals surface area contributed by atoms with Crippen molar-refractivity contribution < 1.29 is 0 Å². The van der Waals surface area contributed by atoms with Gasteiger partial charge in [-0.05, 0) is 40.8 Å². The van der Waals surface area contributed by atoms with Crippen LogP contribution in [0.25, 0.3) is 27.6 Å². The van der Waals surface area contributed by atoms with E-state index in [0.29, 0.717) is 24.1 Å². The highest BCUT2D eigenvalue weighted by Gasteiger charge is 2.48. The fraction of sp³-hybridized carbons (Fsp3) is 0.243. The summed E-state index contributed by atoms with van der Waals surface area (Å²) in [6, 6.07) is 36.4. The molecule has 1 saturated heterocycles. The van der Waals surface area contributed by atoms with E-state index in [0.717, 1.165) is 22.6 Å². The molecular weight excluding hydrogens is 497 g/mol. The normalized spacial score (nSPS) is 16.9. The molecule has 41 heavy (non-hydrogen) atoms. The summed E-state index contributed by atoms with van der Waals surface area (Å²) in [6.45, 7) is 14.9. The first kappa shape index (κ1) is 27.0. The van der Waals surface area contributed by atoms with Gasteiger partial charge in [0.2, 0.25) is 0 Å². The molecule has 3 nitrogen and oxygen atoms in total. The van der Waals surface area contributed by atoms with Crippen LogP contribution >= 0.6 is 0 Å². The average Bonchev–Trinajstić information content (AvgIpc) is 3.43. The van der Waals surface area contributed by atoms with E-state index in [9.17, 15) is 0 Å². The third-order valence-corrected chi connectivity index (χ3v) is 9.52. The van der Waals surface area contributed by atoms with Crippen LogP contribution in [0.3, 0.4) is 0 Å². The van der Waals surface area contributed by atoms with Gasteiger partial charge >= 0.3 is 0 Å². The van der Waals surface area contributed by atoms with Crippen LogP contribution in [-0.4, -0.2) is 23.7 Å². The summed E-state index contributed by atoms with van der Waals surface area (Å²) in [6.07, 6.45) is 4.47. The Kier molecular flexibility index (Phi) is 7.03. The lowest BCUT2D eigenvalue weighted by Gasteiger charge is -2.35. The first-order chi connectivity index (χ1) is 19.8. The fourth-order valence-electron chi connectivity index (χ4n) is 6.47. The second kappa shape index (κ2) is 10.7. The van der Waals surface area contributed by atoms with Gasteiger partial charge in [0.25, 0.3) is 0 Å². The zero-order valence-electron chi connectivity index (χ0n) is 24.6. The zero-order valence-corrected chi connectivity index (χ0v) is 24.6. The van der Waals surface area contributed by atoms with Crippen LogP contribution in [0.4, 0.5) is 0 Å². The molecule has 0 atom stereocenters. The van der Waals surface area contributed by atoms with Gasteiger partial charge in [-0.15, -0.1) is 0 Å². The van der Waals surface area contributed by atoms with Crippen LogP contribution in [0, 0.1) is 10.8 Å². The minimum Gasteiger partial charge on any atom is -0.294 e. The monoisotopic (exact) mass is 535 g/mol. The predicted molar refractivity (Wildman–Crippen MR) is 179 cm³/mol. The predicted octanol–water partition coefficient (Wildman–Crippen LogP) is 8.75. The molecule has 0 saturated carbocycles. The largest absolute Gasteiger partial charge is 0.294 e. The highest BCUT2D eigenvalue weighted by molar-refractivity contribution is 6.74. The van der Waals surface area contributed by atoms with Crippen molar-refractivity contribution >= 4 is 52.2 Å². The van der Waals surface area contributed by atoms with Crippen LogP contribution in [-0.2, 0) is 6.54 Å². The number of aliphatic imine (C=N–C) groups is 2. The lowest BCUT2D eigenvalue weighted by atomic mass is 9.42. The number of hydrogen-bond acceptors (Lipinski definition) is 2. The van der Waals surface area contributed by atoms with Crippen molar-refractivity contribution in [3.63, 3.8) is 0 Å². The van der Waals surface area contributed by atoms with Crippen molar-refractivity contribution in [3.8, 4) is 0 Å².